The van der Waals surface area contributed by atoms with Crippen molar-refractivity contribution in [2.45, 2.75) is 6.23 Å². The first-order valence-electron chi connectivity index (χ1n) is 1.68. The minimum absolute atomic E-state index is 0.578. The Morgan fingerprint density at radius 1 is 1.86 bits per heavy atom. The van der Waals surface area contributed by atoms with E-state index in [0.717, 1.165) is 0 Å². The maximum absolute atomic E-state index is 9.94. The summed E-state index contributed by atoms with van der Waals surface area (Å²) in [5, 5.41) is 0. The van der Waals surface area contributed by atoms with Gasteiger partial charge in [0.05, 0.1) is 0 Å². The molecule has 5 heteroatoms. The van der Waals surface area contributed by atoms with Crippen molar-refractivity contribution in [2.75, 3.05) is 0 Å². The Kier molecular flexibility index (Phi) is 0.935. The third kappa shape index (κ3) is 0.687. The van der Waals surface area contributed by atoms with E-state index in [1.807, 2.05) is 0 Å². The summed E-state index contributed by atoms with van der Waals surface area (Å²) in [4.78, 5) is 18.0. The molecule has 5 nitrogen and oxygen atoms in total. The standard InChI is InChI=1S/C2H4N2O3/c3-1(5)2-4-7-6-2/h2,4H,(H2,3,5). The summed E-state index contributed by atoms with van der Waals surface area (Å²) < 4.78 is 0. The molecule has 7 heavy (non-hydrogen) atoms. The lowest BCUT2D eigenvalue weighted by molar-refractivity contribution is -0.472. The molecule has 0 aromatic heterocycles. The van der Waals surface area contributed by atoms with Gasteiger partial charge in [0.15, 0.2) is 0 Å². The van der Waals surface area contributed by atoms with Crippen LogP contribution in [0.15, 0.2) is 0 Å². The smallest absolute Gasteiger partial charge is 0.267 e. The number of hydrogen-bond donors (Lipinski definition) is 2. The average Bonchev–Trinajstić information content (AvgIpc) is 1.23. The van der Waals surface area contributed by atoms with Gasteiger partial charge >= 0.3 is 0 Å². The van der Waals surface area contributed by atoms with Crippen LogP contribution < -0.4 is 11.2 Å². The van der Waals surface area contributed by atoms with Crippen LogP contribution in [-0.2, 0) is 14.7 Å². The second-order valence-corrected chi connectivity index (χ2v) is 1.08. The predicted molar refractivity (Wildman–Crippen MR) is 18.3 cm³/mol. The molecule has 1 unspecified atom stereocenters. The third-order valence-electron chi connectivity index (χ3n) is 0.558. The highest BCUT2D eigenvalue weighted by atomic mass is 17.3. The van der Waals surface area contributed by atoms with Crippen molar-refractivity contribution in [2.24, 2.45) is 5.73 Å². The van der Waals surface area contributed by atoms with E-state index in [9.17, 15) is 4.79 Å². The van der Waals surface area contributed by atoms with Crippen molar-refractivity contribution >= 4 is 5.91 Å². The van der Waals surface area contributed by atoms with Crippen LogP contribution in [-0.4, -0.2) is 12.1 Å². The second kappa shape index (κ2) is 1.45. The van der Waals surface area contributed by atoms with E-state index < -0.39 is 12.1 Å². The Labute approximate surface area is 39.3 Å². The van der Waals surface area contributed by atoms with Crippen LogP contribution in [0.5, 0.6) is 0 Å². The van der Waals surface area contributed by atoms with Gasteiger partial charge in [0.1, 0.15) is 0 Å². The minimum Gasteiger partial charge on any atom is -0.366 e. The van der Waals surface area contributed by atoms with Crippen LogP contribution in [0.1, 0.15) is 0 Å². The Morgan fingerprint density at radius 2 is 2.43 bits per heavy atom. The Balaban J connectivity index is 2.27. The van der Waals surface area contributed by atoms with E-state index in [-0.39, 0.29) is 0 Å². The number of rotatable bonds is 1. The number of hydrogen-bond acceptors (Lipinski definition) is 4. The molecule has 0 saturated carbocycles. The monoisotopic (exact) mass is 104 g/mol. The molecule has 1 saturated heterocycles. The quantitative estimate of drug-likeness (QED) is 0.387. The molecule has 0 radical (unpaired) electrons. The van der Waals surface area contributed by atoms with E-state index in [1.54, 1.807) is 0 Å². The fourth-order valence-corrected chi connectivity index (χ4v) is 0.202. The molecule has 1 atom stereocenters. The van der Waals surface area contributed by atoms with Gasteiger partial charge < -0.3 is 5.73 Å². The Hall–Kier alpha value is -0.650. The zero-order valence-corrected chi connectivity index (χ0v) is 3.38. The number of carbonyl (C=O) groups is 1. The van der Waals surface area contributed by atoms with Crippen molar-refractivity contribution in [3.8, 4) is 0 Å². The van der Waals surface area contributed by atoms with Crippen molar-refractivity contribution < 1.29 is 14.7 Å². The van der Waals surface area contributed by atoms with Crippen LogP contribution >= 0.6 is 0 Å². The molecule has 0 aliphatic carbocycles. The molecule has 1 amide bonds. The van der Waals surface area contributed by atoms with E-state index in [2.05, 4.69) is 15.4 Å². The van der Waals surface area contributed by atoms with Crippen molar-refractivity contribution in [1.29, 1.82) is 0 Å². The maximum Gasteiger partial charge on any atom is 0.267 e. The first kappa shape index (κ1) is 4.51. The molecule has 40 valence electrons. The normalized spacial score (nSPS) is 28.9. The van der Waals surface area contributed by atoms with E-state index in [1.165, 1.54) is 0 Å². The number of amides is 1. The first-order valence-corrected chi connectivity index (χ1v) is 1.68. The van der Waals surface area contributed by atoms with Crippen molar-refractivity contribution in [1.82, 2.24) is 5.48 Å². The summed E-state index contributed by atoms with van der Waals surface area (Å²) in [6, 6.07) is 0. The van der Waals surface area contributed by atoms with Gasteiger partial charge in [0.25, 0.3) is 5.91 Å². The zero-order valence-electron chi connectivity index (χ0n) is 3.38. The van der Waals surface area contributed by atoms with Crippen LogP contribution in [0.3, 0.4) is 0 Å². The molecule has 0 aromatic carbocycles. The van der Waals surface area contributed by atoms with E-state index in [0.29, 0.717) is 0 Å². The summed E-state index contributed by atoms with van der Waals surface area (Å²) in [5.41, 5.74) is 6.84. The number of primary amides is 1. The molecule has 0 aromatic rings. The fraction of sp³-hybridized carbons (Fsp3) is 0.500. The summed E-state index contributed by atoms with van der Waals surface area (Å²) in [7, 11) is 0. The molecule has 1 aliphatic rings. The lowest BCUT2D eigenvalue weighted by Gasteiger charge is -2.20. The molecular weight excluding hydrogens is 100 g/mol. The summed E-state index contributed by atoms with van der Waals surface area (Å²) >= 11 is 0. The van der Waals surface area contributed by atoms with Crippen LogP contribution in [0.4, 0.5) is 0 Å². The van der Waals surface area contributed by atoms with Gasteiger partial charge in [-0.15, -0.1) is 10.5 Å². The largest absolute Gasteiger partial charge is 0.366 e. The van der Waals surface area contributed by atoms with Gasteiger partial charge in [-0.2, -0.15) is 4.89 Å². The topological polar surface area (TPSA) is 73.6 Å². The molecule has 1 heterocycles. The van der Waals surface area contributed by atoms with Gasteiger partial charge in [0.2, 0.25) is 6.23 Å². The molecule has 3 N–H and O–H groups in total. The maximum atomic E-state index is 9.94. The molecule has 0 spiro atoms. The minimum atomic E-state index is -0.750. The van der Waals surface area contributed by atoms with Crippen LogP contribution in [0.25, 0.3) is 0 Å². The second-order valence-electron chi connectivity index (χ2n) is 1.08. The van der Waals surface area contributed by atoms with Crippen LogP contribution in [0.2, 0.25) is 0 Å². The number of nitrogens with two attached hydrogens (primary N) is 1. The fourth-order valence-electron chi connectivity index (χ4n) is 0.202. The Morgan fingerprint density at radius 3 is 2.43 bits per heavy atom. The first-order chi connectivity index (χ1) is 3.30. The van der Waals surface area contributed by atoms with Gasteiger partial charge in [-0.25, -0.2) is 0 Å². The van der Waals surface area contributed by atoms with Gasteiger partial charge in [-0.1, -0.05) is 0 Å². The van der Waals surface area contributed by atoms with Gasteiger partial charge in [-0.3, -0.25) is 4.79 Å². The number of nitrogens with one attached hydrogen (secondary N) is 1. The van der Waals surface area contributed by atoms with Crippen molar-refractivity contribution in [3.63, 3.8) is 0 Å². The summed E-state index contributed by atoms with van der Waals surface area (Å²) in [5.74, 6) is -0.578. The van der Waals surface area contributed by atoms with Gasteiger partial charge in [0, 0.05) is 0 Å². The molecule has 1 aliphatic heterocycles. The average molecular weight is 104 g/mol. The van der Waals surface area contributed by atoms with E-state index in [4.69, 9.17) is 5.73 Å². The molecule has 1 rings (SSSR count). The lowest BCUT2D eigenvalue weighted by atomic mass is 10.6. The van der Waals surface area contributed by atoms with Crippen molar-refractivity contribution in [3.05, 3.63) is 0 Å². The van der Waals surface area contributed by atoms with E-state index >= 15 is 0 Å². The Bertz CT molecular complexity index is 88.9. The highest BCUT2D eigenvalue weighted by Crippen LogP contribution is 1.95. The zero-order chi connectivity index (χ0) is 5.28. The molecule has 0 bridgehead atoms. The molecular formula is C2H4N2O3. The number of hydroxylamine groups is 1. The molecule has 1 fully saturated rings. The number of carbonyl (C=O) groups excluding carboxylic acids is 1. The highest BCUT2D eigenvalue weighted by Gasteiger charge is 2.25. The van der Waals surface area contributed by atoms with Crippen LogP contribution in [0, 0.1) is 0 Å². The SMILES string of the molecule is NC(=O)C1NOO1. The summed E-state index contributed by atoms with van der Waals surface area (Å²) in [6.07, 6.45) is -0.750. The summed E-state index contributed by atoms with van der Waals surface area (Å²) in [6.45, 7) is 0. The van der Waals surface area contributed by atoms with Gasteiger partial charge in [-0.05, 0) is 0 Å². The lowest BCUT2D eigenvalue weighted by Crippen LogP contribution is -2.52. The third-order valence-corrected chi connectivity index (χ3v) is 0.558. The predicted octanol–water partition coefficient (Wildman–Crippen LogP) is -1.74. The highest BCUT2D eigenvalue weighted by molar-refractivity contribution is 5.78.